The van der Waals surface area contributed by atoms with Crippen molar-refractivity contribution in [3.05, 3.63) is 163 Å². The summed E-state index contributed by atoms with van der Waals surface area (Å²) in [6.07, 6.45) is 16.0. The van der Waals surface area contributed by atoms with Gasteiger partial charge in [0.1, 0.15) is 11.2 Å². The van der Waals surface area contributed by atoms with Gasteiger partial charge in [0, 0.05) is 48.2 Å². The Hall–Kier alpha value is -5.70. The van der Waals surface area contributed by atoms with Crippen LogP contribution in [-0.4, -0.2) is 0 Å². The molecule has 0 radical (unpaired) electrons. The van der Waals surface area contributed by atoms with Gasteiger partial charge in [-0.15, -0.1) is 11.3 Å². The number of benzene rings is 7. The fraction of sp³-hybridized carbons (Fsp3) is 0.0435. The molecule has 48 heavy (non-hydrogen) atoms. The van der Waals surface area contributed by atoms with E-state index in [0.29, 0.717) is 11.8 Å². The molecule has 0 amide bonds. The zero-order valence-electron chi connectivity index (χ0n) is 26.0. The average Bonchev–Trinajstić information content (AvgIpc) is 3.70. The molecule has 2 heteroatoms. The molecule has 0 N–H and O–H groups in total. The highest BCUT2D eigenvalue weighted by molar-refractivity contribution is 7.25. The Balaban J connectivity index is 1.16. The minimum Gasteiger partial charge on any atom is -0.455 e. The molecule has 0 saturated heterocycles. The van der Waals surface area contributed by atoms with Crippen LogP contribution in [0.4, 0.5) is 0 Å². The van der Waals surface area contributed by atoms with Gasteiger partial charge < -0.3 is 4.42 Å². The van der Waals surface area contributed by atoms with Crippen LogP contribution < -0.4 is 0 Å². The van der Waals surface area contributed by atoms with Crippen LogP contribution in [0, 0.1) is 11.8 Å². The first-order valence-corrected chi connectivity index (χ1v) is 17.5. The van der Waals surface area contributed by atoms with Gasteiger partial charge in [0.15, 0.2) is 0 Å². The number of furan rings is 1. The van der Waals surface area contributed by atoms with Crippen LogP contribution >= 0.6 is 11.3 Å². The maximum Gasteiger partial charge on any atom is 0.143 e. The second-order valence-corrected chi connectivity index (χ2v) is 14.2. The smallest absolute Gasteiger partial charge is 0.143 e. The summed E-state index contributed by atoms with van der Waals surface area (Å²) in [5.74, 6) is 0.713. The predicted octanol–water partition coefficient (Wildman–Crippen LogP) is 13.4. The molecule has 2 heterocycles. The van der Waals surface area contributed by atoms with E-state index in [0.717, 1.165) is 21.9 Å². The van der Waals surface area contributed by atoms with E-state index in [1.54, 1.807) is 0 Å². The van der Waals surface area contributed by atoms with Crippen molar-refractivity contribution in [3.8, 4) is 11.1 Å². The summed E-state index contributed by atoms with van der Waals surface area (Å²) in [6, 6.07) is 42.6. The third-order valence-electron chi connectivity index (χ3n) is 10.6. The lowest BCUT2D eigenvalue weighted by Gasteiger charge is -2.29. The fourth-order valence-electron chi connectivity index (χ4n) is 8.45. The minimum atomic E-state index is 0.329. The molecule has 0 aliphatic heterocycles. The van der Waals surface area contributed by atoms with E-state index >= 15 is 0 Å². The van der Waals surface area contributed by atoms with Gasteiger partial charge in [0.05, 0.1) is 0 Å². The molecular formula is C46H28OS. The summed E-state index contributed by atoms with van der Waals surface area (Å²) in [7, 11) is 0. The van der Waals surface area contributed by atoms with Crippen LogP contribution in [0.5, 0.6) is 0 Å². The van der Waals surface area contributed by atoms with Crippen molar-refractivity contribution < 1.29 is 4.42 Å². The van der Waals surface area contributed by atoms with Crippen LogP contribution in [-0.2, 0) is 0 Å². The number of rotatable bonds is 2. The van der Waals surface area contributed by atoms with E-state index < -0.39 is 0 Å². The van der Waals surface area contributed by atoms with Crippen LogP contribution in [0.15, 0.2) is 162 Å². The molecule has 7 aromatic carbocycles. The SMILES string of the molecule is C1=CC2C=CC=C(c3c4ccccc4c(-c4ccc5oc6c7cc8sc9ccccc9c8cc7ccc6c5c4)c4ccccc34)C2C=C1. The Bertz CT molecular complexity index is 2900. The van der Waals surface area contributed by atoms with Crippen LogP contribution in [0.25, 0.3) is 91.1 Å². The molecule has 2 aliphatic carbocycles. The molecule has 2 aliphatic rings. The largest absolute Gasteiger partial charge is 0.455 e. The van der Waals surface area contributed by atoms with Gasteiger partial charge in [0.2, 0.25) is 0 Å². The molecule has 1 nitrogen and oxygen atoms in total. The molecule has 11 rings (SSSR count). The van der Waals surface area contributed by atoms with Crippen molar-refractivity contribution in [2.75, 3.05) is 0 Å². The molecule has 224 valence electrons. The number of allylic oxidation sites excluding steroid dienone is 8. The summed E-state index contributed by atoms with van der Waals surface area (Å²) >= 11 is 1.85. The zero-order chi connectivity index (χ0) is 31.3. The fourth-order valence-corrected chi connectivity index (χ4v) is 9.58. The number of hydrogen-bond donors (Lipinski definition) is 0. The molecular weight excluding hydrogens is 601 g/mol. The van der Waals surface area contributed by atoms with Crippen molar-refractivity contribution in [2.24, 2.45) is 11.8 Å². The first kappa shape index (κ1) is 26.4. The maximum atomic E-state index is 6.68. The Labute approximate surface area is 281 Å². The molecule has 2 aromatic heterocycles. The second-order valence-electron chi connectivity index (χ2n) is 13.1. The highest BCUT2D eigenvalue weighted by Crippen LogP contribution is 2.48. The van der Waals surface area contributed by atoms with Gasteiger partial charge in [-0.05, 0) is 85.6 Å². The maximum absolute atomic E-state index is 6.68. The van der Waals surface area contributed by atoms with E-state index in [1.165, 1.54) is 74.8 Å². The summed E-state index contributed by atoms with van der Waals surface area (Å²) in [4.78, 5) is 0. The van der Waals surface area contributed by atoms with Gasteiger partial charge in [-0.3, -0.25) is 0 Å². The molecule has 2 atom stereocenters. The average molecular weight is 629 g/mol. The zero-order valence-corrected chi connectivity index (χ0v) is 26.8. The summed E-state index contributed by atoms with van der Waals surface area (Å²) in [5, 5.41) is 12.5. The van der Waals surface area contributed by atoms with E-state index in [1.807, 2.05) is 11.3 Å². The van der Waals surface area contributed by atoms with E-state index in [4.69, 9.17) is 4.42 Å². The van der Waals surface area contributed by atoms with Crippen molar-refractivity contribution in [3.63, 3.8) is 0 Å². The molecule has 0 spiro atoms. The quantitative estimate of drug-likeness (QED) is 0.174. The standard InChI is InChI=1S/C46H28OS/c1-2-12-30-27(10-1)11-9-18-32(30)45-35-16-5-3-14-33(35)44(34-15-4-6-17-36(34)45)29-21-23-41-39(25-29)37-22-20-28-24-40-31-13-7-8-19-42(31)48-43(40)26-38(28)46(37)47-41/h1-27,30H. The highest BCUT2D eigenvalue weighted by atomic mass is 32.1. The van der Waals surface area contributed by atoms with Crippen molar-refractivity contribution in [1.29, 1.82) is 0 Å². The molecule has 9 aromatic rings. The highest BCUT2D eigenvalue weighted by Gasteiger charge is 2.27. The van der Waals surface area contributed by atoms with Crippen LogP contribution in [0.2, 0.25) is 0 Å². The summed E-state index contributed by atoms with van der Waals surface area (Å²) < 4.78 is 9.30. The van der Waals surface area contributed by atoms with Crippen LogP contribution in [0.1, 0.15) is 5.56 Å². The Morgan fingerprint density at radius 1 is 0.479 bits per heavy atom. The van der Waals surface area contributed by atoms with Gasteiger partial charge in [-0.25, -0.2) is 0 Å². The molecule has 0 fully saturated rings. The first-order chi connectivity index (χ1) is 23.8. The van der Waals surface area contributed by atoms with Gasteiger partial charge >= 0.3 is 0 Å². The number of hydrogen-bond acceptors (Lipinski definition) is 2. The number of fused-ring (bicyclic) bond motifs is 11. The van der Waals surface area contributed by atoms with Crippen LogP contribution in [0.3, 0.4) is 0 Å². The lowest BCUT2D eigenvalue weighted by atomic mass is 9.74. The molecule has 2 unspecified atom stereocenters. The monoisotopic (exact) mass is 628 g/mol. The Morgan fingerprint density at radius 2 is 1.19 bits per heavy atom. The van der Waals surface area contributed by atoms with E-state index in [9.17, 15) is 0 Å². The minimum absolute atomic E-state index is 0.329. The van der Waals surface area contributed by atoms with E-state index in [2.05, 4.69) is 158 Å². The molecule has 0 saturated carbocycles. The van der Waals surface area contributed by atoms with Crippen molar-refractivity contribution in [2.45, 2.75) is 0 Å². The normalized spacial score (nSPS) is 17.5. The summed E-state index contributed by atoms with van der Waals surface area (Å²) in [5.41, 5.74) is 7.10. The third-order valence-corrected chi connectivity index (χ3v) is 11.7. The Morgan fingerprint density at radius 3 is 2.00 bits per heavy atom. The van der Waals surface area contributed by atoms with Gasteiger partial charge in [-0.1, -0.05) is 121 Å². The first-order valence-electron chi connectivity index (χ1n) is 16.7. The lowest BCUT2D eigenvalue weighted by molar-refractivity contribution is 0.673. The van der Waals surface area contributed by atoms with E-state index in [-0.39, 0.29) is 0 Å². The van der Waals surface area contributed by atoms with Crippen molar-refractivity contribution in [1.82, 2.24) is 0 Å². The molecule has 0 bridgehead atoms. The number of thiophene rings is 1. The topological polar surface area (TPSA) is 13.1 Å². The van der Waals surface area contributed by atoms with Crippen molar-refractivity contribution >= 4 is 91.3 Å². The van der Waals surface area contributed by atoms with Gasteiger partial charge in [0.25, 0.3) is 0 Å². The predicted molar refractivity (Wildman–Crippen MR) is 207 cm³/mol. The Kier molecular flexibility index (Phi) is 5.44. The lowest BCUT2D eigenvalue weighted by Crippen LogP contribution is -2.15. The summed E-state index contributed by atoms with van der Waals surface area (Å²) in [6.45, 7) is 0. The second kappa shape index (κ2) is 9.90. The van der Waals surface area contributed by atoms with Gasteiger partial charge in [-0.2, -0.15) is 0 Å². The third kappa shape index (κ3) is 3.67.